The Morgan fingerprint density at radius 1 is 1.45 bits per heavy atom. The van der Waals surface area contributed by atoms with E-state index in [0.717, 1.165) is 44.5 Å². The molecule has 3 heterocycles. The van der Waals surface area contributed by atoms with Crippen LogP contribution >= 0.6 is 0 Å². The zero-order valence-electron chi connectivity index (χ0n) is 13.1. The lowest BCUT2D eigenvalue weighted by atomic mass is 9.91. The molecule has 3 fully saturated rings. The summed E-state index contributed by atoms with van der Waals surface area (Å²) >= 11 is 0. The molecule has 2 aliphatic heterocycles. The molecule has 1 aromatic rings. The minimum atomic E-state index is -0.0332. The van der Waals surface area contributed by atoms with Crippen molar-refractivity contribution in [1.29, 1.82) is 0 Å². The van der Waals surface area contributed by atoms with E-state index in [1.165, 1.54) is 0 Å². The van der Waals surface area contributed by atoms with E-state index in [2.05, 4.69) is 10.4 Å². The highest BCUT2D eigenvalue weighted by Gasteiger charge is 2.58. The van der Waals surface area contributed by atoms with Gasteiger partial charge in [-0.15, -0.1) is 0 Å². The molecule has 1 aliphatic carbocycles. The van der Waals surface area contributed by atoms with Crippen LogP contribution in [0.15, 0.2) is 12.4 Å². The van der Waals surface area contributed by atoms with Gasteiger partial charge in [-0.05, 0) is 37.8 Å². The van der Waals surface area contributed by atoms with Crippen molar-refractivity contribution in [1.82, 2.24) is 20.0 Å². The average molecular weight is 304 g/mol. The van der Waals surface area contributed by atoms with E-state index in [1.807, 2.05) is 24.3 Å². The second-order valence-corrected chi connectivity index (χ2v) is 6.96. The number of aryl methyl sites for hydroxylation is 1. The Labute approximate surface area is 130 Å². The van der Waals surface area contributed by atoms with E-state index in [0.29, 0.717) is 24.5 Å². The van der Waals surface area contributed by atoms with Crippen molar-refractivity contribution < 1.29 is 9.53 Å². The number of aromatic nitrogens is 2. The van der Waals surface area contributed by atoms with E-state index in [-0.39, 0.29) is 12.0 Å². The van der Waals surface area contributed by atoms with Crippen LogP contribution in [0.1, 0.15) is 30.9 Å². The molecule has 2 atom stereocenters. The maximum absolute atomic E-state index is 12.8. The summed E-state index contributed by atoms with van der Waals surface area (Å²) in [5.41, 5.74) is 1.37. The maximum atomic E-state index is 12.8. The second kappa shape index (κ2) is 5.35. The maximum Gasteiger partial charge on any atom is 0.226 e. The van der Waals surface area contributed by atoms with E-state index in [1.54, 1.807) is 4.68 Å². The minimum absolute atomic E-state index is 0.0332. The molecule has 22 heavy (non-hydrogen) atoms. The quantitative estimate of drug-likeness (QED) is 0.874. The molecule has 1 amide bonds. The van der Waals surface area contributed by atoms with E-state index >= 15 is 0 Å². The van der Waals surface area contributed by atoms with Crippen LogP contribution in [-0.4, -0.2) is 53.4 Å². The van der Waals surface area contributed by atoms with Crippen LogP contribution in [0, 0.1) is 11.3 Å². The summed E-state index contributed by atoms with van der Waals surface area (Å²) in [6.45, 7) is 4.12. The third-order valence-corrected chi connectivity index (χ3v) is 5.56. The number of carbonyl (C=O) groups is 1. The Hall–Kier alpha value is -1.40. The first-order valence-corrected chi connectivity index (χ1v) is 8.28. The van der Waals surface area contributed by atoms with Crippen molar-refractivity contribution >= 4 is 5.91 Å². The summed E-state index contributed by atoms with van der Waals surface area (Å²) in [6.07, 6.45) is 7.17. The molecule has 2 unspecified atom stereocenters. The minimum Gasteiger partial charge on any atom is -0.370 e. The predicted octanol–water partition coefficient (Wildman–Crippen LogP) is 0.710. The standard InChI is InChI=1S/C16H24N4O2/c1-19-10-12(9-18-19)14-11-20(6-7-22-14)15(21)13-8-16(13)2-4-17-5-3-16/h9-10,13-14,17H,2-8,11H2,1H3. The van der Waals surface area contributed by atoms with Gasteiger partial charge in [-0.2, -0.15) is 5.10 Å². The van der Waals surface area contributed by atoms with E-state index in [9.17, 15) is 4.79 Å². The van der Waals surface area contributed by atoms with Crippen molar-refractivity contribution in [2.24, 2.45) is 18.4 Å². The molecule has 4 rings (SSSR count). The zero-order valence-corrected chi connectivity index (χ0v) is 13.1. The van der Waals surface area contributed by atoms with Crippen LogP contribution in [0.5, 0.6) is 0 Å². The molecule has 1 spiro atoms. The van der Waals surface area contributed by atoms with Gasteiger partial charge in [0.15, 0.2) is 0 Å². The predicted molar refractivity (Wildman–Crippen MR) is 81.1 cm³/mol. The number of nitrogens with one attached hydrogen (secondary N) is 1. The highest BCUT2D eigenvalue weighted by Crippen LogP contribution is 2.59. The number of morpholine rings is 1. The van der Waals surface area contributed by atoms with E-state index < -0.39 is 0 Å². The van der Waals surface area contributed by atoms with Crippen LogP contribution in [0.2, 0.25) is 0 Å². The Kier molecular flexibility index (Phi) is 3.46. The van der Waals surface area contributed by atoms with Crippen LogP contribution < -0.4 is 5.32 Å². The van der Waals surface area contributed by atoms with Crippen molar-refractivity contribution in [2.45, 2.75) is 25.4 Å². The van der Waals surface area contributed by atoms with Gasteiger partial charge in [-0.25, -0.2) is 0 Å². The van der Waals surface area contributed by atoms with Gasteiger partial charge in [0.25, 0.3) is 0 Å². The molecule has 3 aliphatic rings. The molecule has 1 aromatic heterocycles. The summed E-state index contributed by atoms with van der Waals surface area (Å²) < 4.78 is 7.62. The second-order valence-electron chi connectivity index (χ2n) is 6.96. The molecule has 2 saturated heterocycles. The van der Waals surface area contributed by atoms with Gasteiger partial charge in [0.05, 0.1) is 19.3 Å². The Morgan fingerprint density at radius 3 is 3.00 bits per heavy atom. The molecular weight excluding hydrogens is 280 g/mol. The van der Waals surface area contributed by atoms with Crippen molar-refractivity contribution in [3.8, 4) is 0 Å². The first-order valence-electron chi connectivity index (χ1n) is 8.28. The van der Waals surface area contributed by atoms with E-state index in [4.69, 9.17) is 4.74 Å². The highest BCUT2D eigenvalue weighted by atomic mass is 16.5. The molecule has 0 bridgehead atoms. The molecule has 6 nitrogen and oxygen atoms in total. The van der Waals surface area contributed by atoms with Crippen LogP contribution in [0.4, 0.5) is 0 Å². The summed E-state index contributed by atoms with van der Waals surface area (Å²) in [7, 11) is 1.90. The smallest absolute Gasteiger partial charge is 0.226 e. The third kappa shape index (κ3) is 2.44. The van der Waals surface area contributed by atoms with Gasteiger partial charge in [0, 0.05) is 31.3 Å². The highest BCUT2D eigenvalue weighted by molar-refractivity contribution is 5.83. The van der Waals surface area contributed by atoms with Crippen molar-refractivity contribution in [3.63, 3.8) is 0 Å². The fourth-order valence-electron chi connectivity index (χ4n) is 4.05. The summed E-state index contributed by atoms with van der Waals surface area (Å²) in [4.78, 5) is 14.9. The molecular formula is C16H24N4O2. The Morgan fingerprint density at radius 2 is 2.27 bits per heavy atom. The molecule has 120 valence electrons. The van der Waals surface area contributed by atoms with Gasteiger partial charge in [0.2, 0.25) is 5.91 Å². The molecule has 0 radical (unpaired) electrons. The number of amides is 1. The lowest BCUT2D eigenvalue weighted by Gasteiger charge is -2.33. The monoisotopic (exact) mass is 304 g/mol. The van der Waals surface area contributed by atoms with Gasteiger partial charge in [0.1, 0.15) is 6.10 Å². The first kappa shape index (κ1) is 14.2. The van der Waals surface area contributed by atoms with Crippen molar-refractivity contribution in [2.75, 3.05) is 32.8 Å². The van der Waals surface area contributed by atoms with Gasteiger partial charge in [-0.3, -0.25) is 9.48 Å². The van der Waals surface area contributed by atoms with Gasteiger partial charge < -0.3 is 15.0 Å². The van der Waals surface area contributed by atoms with Crippen LogP contribution in [0.3, 0.4) is 0 Å². The molecule has 1 saturated carbocycles. The normalized spacial score (nSPS) is 30.5. The SMILES string of the molecule is Cn1cc(C2CN(C(=O)C3CC34CCNCC4)CCO2)cn1. The van der Waals surface area contributed by atoms with Crippen molar-refractivity contribution in [3.05, 3.63) is 18.0 Å². The number of rotatable bonds is 2. The lowest BCUT2D eigenvalue weighted by Crippen LogP contribution is -2.44. The zero-order chi connectivity index (χ0) is 15.2. The number of hydrogen-bond acceptors (Lipinski definition) is 4. The number of nitrogens with zero attached hydrogens (tertiary/aromatic N) is 3. The largest absolute Gasteiger partial charge is 0.370 e. The number of piperidine rings is 1. The summed E-state index contributed by atoms with van der Waals surface area (Å²) in [5, 5.41) is 7.60. The number of carbonyl (C=O) groups excluding carboxylic acids is 1. The van der Waals surface area contributed by atoms with Gasteiger partial charge in [-0.1, -0.05) is 0 Å². The Bertz CT molecular complexity index is 564. The van der Waals surface area contributed by atoms with Crippen LogP contribution in [0.25, 0.3) is 0 Å². The fourth-order valence-corrected chi connectivity index (χ4v) is 4.05. The lowest BCUT2D eigenvalue weighted by molar-refractivity contribution is -0.141. The van der Waals surface area contributed by atoms with Gasteiger partial charge >= 0.3 is 0 Å². The number of ether oxygens (including phenoxy) is 1. The Balaban J connectivity index is 1.41. The number of hydrogen-bond donors (Lipinski definition) is 1. The molecule has 1 N–H and O–H groups in total. The first-order chi connectivity index (χ1) is 10.7. The van der Waals surface area contributed by atoms with Crippen LogP contribution in [-0.2, 0) is 16.6 Å². The third-order valence-electron chi connectivity index (χ3n) is 5.56. The molecule has 0 aromatic carbocycles. The molecule has 6 heteroatoms. The average Bonchev–Trinajstić information content (AvgIpc) is 3.04. The summed E-state index contributed by atoms with van der Waals surface area (Å²) in [6, 6.07) is 0. The fraction of sp³-hybridized carbons (Fsp3) is 0.750. The topological polar surface area (TPSA) is 59.4 Å². The summed E-state index contributed by atoms with van der Waals surface area (Å²) in [5.74, 6) is 0.598.